The Bertz CT molecular complexity index is 963. The van der Waals surface area contributed by atoms with Crippen molar-refractivity contribution in [3.05, 3.63) is 69.6 Å². The maximum absolute atomic E-state index is 12.8. The smallest absolute Gasteiger partial charge is 0.350 e. The van der Waals surface area contributed by atoms with E-state index in [9.17, 15) is 27.6 Å². The van der Waals surface area contributed by atoms with Gasteiger partial charge in [0.05, 0.1) is 5.56 Å². The lowest BCUT2D eigenvalue weighted by Crippen LogP contribution is -2.32. The Morgan fingerprint density at radius 2 is 1.79 bits per heavy atom. The Morgan fingerprint density at radius 3 is 2.48 bits per heavy atom. The van der Waals surface area contributed by atoms with Crippen molar-refractivity contribution in [2.75, 3.05) is 13.1 Å². The summed E-state index contributed by atoms with van der Waals surface area (Å²) < 4.78 is 39.0. The lowest BCUT2D eigenvalue weighted by molar-refractivity contribution is -0.138. The zero-order valence-corrected chi connectivity index (χ0v) is 15.5. The van der Waals surface area contributed by atoms with Crippen LogP contribution in [-0.4, -0.2) is 34.4 Å². The molecule has 1 aromatic carbocycles. The molecule has 2 heterocycles. The Balaban J connectivity index is 1.62. The Kier molecular flexibility index (Phi) is 6.05. The first-order valence-corrected chi connectivity index (χ1v) is 9.16. The summed E-state index contributed by atoms with van der Waals surface area (Å²) in [6, 6.07) is 8.29. The summed E-state index contributed by atoms with van der Waals surface area (Å²) in [5.74, 6) is -0.672. The van der Waals surface area contributed by atoms with Crippen molar-refractivity contribution < 1.29 is 22.8 Å². The maximum atomic E-state index is 12.8. The summed E-state index contributed by atoms with van der Waals surface area (Å²) in [5, 5.41) is 2.56. The Hall–Kier alpha value is -3.10. The van der Waals surface area contributed by atoms with Gasteiger partial charge in [-0.05, 0) is 36.6 Å². The van der Waals surface area contributed by atoms with Gasteiger partial charge in [0, 0.05) is 37.5 Å². The zero-order chi connectivity index (χ0) is 21.0. The number of carbonyl (C=O) groups is 2. The monoisotopic (exact) mass is 407 g/mol. The van der Waals surface area contributed by atoms with Gasteiger partial charge in [-0.25, -0.2) is 0 Å². The number of halogens is 3. The van der Waals surface area contributed by atoms with E-state index in [0.29, 0.717) is 28.0 Å². The predicted octanol–water partition coefficient (Wildman–Crippen LogP) is 2.42. The summed E-state index contributed by atoms with van der Waals surface area (Å²) in [6.45, 7) is 1.01. The van der Waals surface area contributed by atoms with Gasteiger partial charge in [-0.1, -0.05) is 12.1 Å². The average Bonchev–Trinajstić information content (AvgIpc) is 3.21. The second-order valence-corrected chi connectivity index (χ2v) is 6.86. The second kappa shape index (κ2) is 8.50. The maximum Gasteiger partial charge on any atom is 0.417 e. The molecule has 9 heteroatoms. The third-order valence-corrected chi connectivity index (χ3v) is 4.68. The lowest BCUT2D eigenvalue weighted by Gasteiger charge is -2.16. The van der Waals surface area contributed by atoms with E-state index in [2.05, 4.69) is 5.32 Å². The van der Waals surface area contributed by atoms with Crippen molar-refractivity contribution in [2.24, 2.45) is 0 Å². The van der Waals surface area contributed by atoms with Crippen LogP contribution in [0.5, 0.6) is 0 Å². The van der Waals surface area contributed by atoms with Gasteiger partial charge in [-0.2, -0.15) is 13.2 Å². The van der Waals surface area contributed by atoms with E-state index >= 15 is 0 Å². The lowest BCUT2D eigenvalue weighted by atomic mass is 10.1. The molecule has 1 N–H and O–H groups in total. The van der Waals surface area contributed by atoms with Crippen LogP contribution in [0, 0.1) is 0 Å². The molecule has 0 radical (unpaired) electrons. The normalized spacial score (nSPS) is 14.1. The molecular weight excluding hydrogens is 387 g/mol. The number of carbonyl (C=O) groups excluding carboxylic acids is 2. The molecule has 0 spiro atoms. The molecule has 6 nitrogen and oxygen atoms in total. The number of amides is 2. The van der Waals surface area contributed by atoms with Gasteiger partial charge >= 0.3 is 6.18 Å². The molecule has 0 unspecified atom stereocenters. The van der Waals surface area contributed by atoms with Crippen molar-refractivity contribution in [2.45, 2.75) is 32.1 Å². The molecule has 0 aliphatic carbocycles. The number of nitrogens with one attached hydrogen (secondary N) is 1. The van der Waals surface area contributed by atoms with E-state index in [4.69, 9.17) is 0 Å². The fourth-order valence-electron chi connectivity index (χ4n) is 3.15. The summed E-state index contributed by atoms with van der Waals surface area (Å²) in [5.41, 5.74) is -0.503. The van der Waals surface area contributed by atoms with E-state index in [1.54, 1.807) is 29.2 Å². The quantitative estimate of drug-likeness (QED) is 0.828. The van der Waals surface area contributed by atoms with Crippen molar-refractivity contribution in [1.29, 1.82) is 0 Å². The number of aromatic nitrogens is 1. The molecule has 1 saturated heterocycles. The molecule has 1 aliphatic rings. The fourth-order valence-corrected chi connectivity index (χ4v) is 3.15. The van der Waals surface area contributed by atoms with Crippen LogP contribution in [0.4, 0.5) is 13.2 Å². The van der Waals surface area contributed by atoms with E-state index in [1.165, 1.54) is 0 Å². The molecule has 2 aromatic rings. The number of hydrogen-bond acceptors (Lipinski definition) is 3. The van der Waals surface area contributed by atoms with Crippen molar-refractivity contribution in [1.82, 2.24) is 14.8 Å². The van der Waals surface area contributed by atoms with Gasteiger partial charge in [0.25, 0.3) is 11.5 Å². The van der Waals surface area contributed by atoms with Crippen LogP contribution in [0.1, 0.15) is 34.3 Å². The van der Waals surface area contributed by atoms with Gasteiger partial charge in [0.2, 0.25) is 5.91 Å². The highest BCUT2D eigenvalue weighted by molar-refractivity contribution is 5.94. The SMILES string of the molecule is O=C(Cn1cc(C(F)(F)F)ccc1=O)NCc1cccc(C(=O)N2CCCC2)c1. The molecule has 3 rings (SSSR count). The molecule has 0 atom stereocenters. The van der Waals surface area contributed by atoms with Crippen LogP contribution in [-0.2, 0) is 24.1 Å². The van der Waals surface area contributed by atoms with Crippen LogP contribution in [0.3, 0.4) is 0 Å². The zero-order valence-electron chi connectivity index (χ0n) is 15.5. The number of alkyl halides is 3. The first kappa shape index (κ1) is 20.6. The minimum absolute atomic E-state index is 0.0637. The largest absolute Gasteiger partial charge is 0.417 e. The Labute approximate surface area is 164 Å². The second-order valence-electron chi connectivity index (χ2n) is 6.86. The Morgan fingerprint density at radius 1 is 1.07 bits per heavy atom. The minimum Gasteiger partial charge on any atom is -0.350 e. The van der Waals surface area contributed by atoms with Crippen LogP contribution in [0.2, 0.25) is 0 Å². The van der Waals surface area contributed by atoms with Crippen molar-refractivity contribution in [3.63, 3.8) is 0 Å². The first-order chi connectivity index (χ1) is 13.7. The fraction of sp³-hybridized carbons (Fsp3) is 0.350. The molecule has 2 amide bonds. The highest BCUT2D eigenvalue weighted by Gasteiger charge is 2.31. The third kappa shape index (κ3) is 5.24. The van der Waals surface area contributed by atoms with E-state index in [0.717, 1.165) is 32.0 Å². The van der Waals surface area contributed by atoms with Crippen LogP contribution >= 0.6 is 0 Å². The van der Waals surface area contributed by atoms with Gasteiger partial charge in [0.1, 0.15) is 6.54 Å². The molecule has 1 fully saturated rings. The van der Waals surface area contributed by atoms with Crippen molar-refractivity contribution >= 4 is 11.8 Å². The molecule has 1 aliphatic heterocycles. The van der Waals surface area contributed by atoms with Crippen LogP contribution in [0.15, 0.2) is 47.4 Å². The topological polar surface area (TPSA) is 71.4 Å². The van der Waals surface area contributed by atoms with E-state index < -0.39 is 29.8 Å². The van der Waals surface area contributed by atoms with Crippen molar-refractivity contribution in [3.8, 4) is 0 Å². The van der Waals surface area contributed by atoms with Crippen LogP contribution < -0.4 is 10.9 Å². The highest BCUT2D eigenvalue weighted by Crippen LogP contribution is 2.28. The molecular formula is C20H20F3N3O3. The molecule has 1 aromatic heterocycles. The summed E-state index contributed by atoms with van der Waals surface area (Å²) in [4.78, 5) is 38.0. The number of likely N-dealkylation sites (tertiary alicyclic amines) is 1. The number of nitrogens with zero attached hydrogens (tertiary/aromatic N) is 2. The van der Waals surface area contributed by atoms with Crippen LogP contribution in [0.25, 0.3) is 0 Å². The van der Waals surface area contributed by atoms with E-state index in [1.807, 2.05) is 0 Å². The number of hydrogen-bond donors (Lipinski definition) is 1. The predicted molar refractivity (Wildman–Crippen MR) is 99.1 cm³/mol. The van der Waals surface area contributed by atoms with Gasteiger partial charge in [-0.15, -0.1) is 0 Å². The first-order valence-electron chi connectivity index (χ1n) is 9.16. The number of benzene rings is 1. The standard InChI is InChI=1S/C20H20F3N3O3/c21-20(22,23)16-6-7-18(28)26(12-16)13-17(27)24-11-14-4-3-5-15(10-14)19(29)25-8-1-2-9-25/h3-7,10,12H,1-2,8-9,11,13H2,(H,24,27). The minimum atomic E-state index is -4.60. The summed E-state index contributed by atoms with van der Waals surface area (Å²) >= 11 is 0. The molecule has 29 heavy (non-hydrogen) atoms. The molecule has 0 saturated carbocycles. The van der Waals surface area contributed by atoms with Gasteiger partial charge in [-0.3, -0.25) is 14.4 Å². The summed E-state index contributed by atoms with van der Waals surface area (Å²) in [6.07, 6.45) is -2.02. The van der Waals surface area contributed by atoms with Gasteiger partial charge in [0.15, 0.2) is 0 Å². The summed E-state index contributed by atoms with van der Waals surface area (Å²) in [7, 11) is 0. The van der Waals surface area contributed by atoms with E-state index in [-0.39, 0.29) is 12.5 Å². The molecule has 154 valence electrons. The average molecular weight is 407 g/mol. The highest BCUT2D eigenvalue weighted by atomic mass is 19.4. The third-order valence-electron chi connectivity index (χ3n) is 4.68. The number of pyridine rings is 1. The number of rotatable bonds is 5. The molecule has 0 bridgehead atoms. The van der Waals surface area contributed by atoms with Gasteiger partial charge < -0.3 is 14.8 Å².